The highest BCUT2D eigenvalue weighted by Gasteiger charge is 2.06. The van der Waals surface area contributed by atoms with Crippen molar-refractivity contribution in [2.24, 2.45) is 0 Å². The van der Waals surface area contributed by atoms with Crippen LogP contribution < -0.4 is 5.32 Å². The van der Waals surface area contributed by atoms with Gasteiger partial charge in [0, 0.05) is 6.54 Å². The number of benzene rings is 2. The summed E-state index contributed by atoms with van der Waals surface area (Å²) >= 11 is 0. The van der Waals surface area contributed by atoms with E-state index in [0.29, 0.717) is 0 Å². The van der Waals surface area contributed by atoms with E-state index >= 15 is 0 Å². The second-order valence-electron chi connectivity index (χ2n) is 5.42. The molecule has 0 aliphatic heterocycles. The Morgan fingerprint density at radius 1 is 0.737 bits per heavy atom. The molecule has 2 aromatic carbocycles. The van der Waals surface area contributed by atoms with Crippen molar-refractivity contribution in [2.75, 3.05) is 7.05 Å². The van der Waals surface area contributed by atoms with Crippen molar-refractivity contribution < 1.29 is 0 Å². The third-order valence-corrected chi connectivity index (χ3v) is 3.89. The van der Waals surface area contributed by atoms with Crippen LogP contribution in [0.5, 0.6) is 0 Å². The minimum Gasteiger partial charge on any atom is -0.316 e. The van der Waals surface area contributed by atoms with Crippen LogP contribution in [0.4, 0.5) is 0 Å². The summed E-state index contributed by atoms with van der Waals surface area (Å²) in [6.07, 6.45) is 0. The zero-order valence-electron chi connectivity index (χ0n) is 12.6. The number of rotatable bonds is 3. The number of aryl methyl sites for hydroxylation is 4. The smallest absolute Gasteiger partial charge is 0.0207 e. The second-order valence-corrected chi connectivity index (χ2v) is 5.42. The number of nitrogens with one attached hydrogen (secondary N) is 1. The van der Waals surface area contributed by atoms with Gasteiger partial charge in [0.2, 0.25) is 0 Å². The first-order valence-corrected chi connectivity index (χ1v) is 6.85. The van der Waals surface area contributed by atoms with Gasteiger partial charge in [-0.15, -0.1) is 0 Å². The zero-order chi connectivity index (χ0) is 14.0. The Morgan fingerprint density at radius 2 is 1.32 bits per heavy atom. The maximum Gasteiger partial charge on any atom is 0.0207 e. The lowest BCUT2D eigenvalue weighted by Crippen LogP contribution is -2.08. The summed E-state index contributed by atoms with van der Waals surface area (Å²) in [5, 5.41) is 3.24. The molecular weight excluding hydrogens is 230 g/mol. The molecule has 0 aliphatic carbocycles. The van der Waals surface area contributed by atoms with Crippen LogP contribution in [0, 0.1) is 27.7 Å². The summed E-state index contributed by atoms with van der Waals surface area (Å²) in [5.74, 6) is 0. The summed E-state index contributed by atoms with van der Waals surface area (Å²) in [5.41, 5.74) is 9.47. The second kappa shape index (κ2) is 5.58. The van der Waals surface area contributed by atoms with Crippen LogP contribution in [0.25, 0.3) is 11.1 Å². The van der Waals surface area contributed by atoms with Gasteiger partial charge in [0.25, 0.3) is 0 Å². The lowest BCUT2D eigenvalue weighted by atomic mass is 9.94. The van der Waals surface area contributed by atoms with Gasteiger partial charge >= 0.3 is 0 Å². The van der Waals surface area contributed by atoms with E-state index in [1.165, 1.54) is 38.9 Å². The van der Waals surface area contributed by atoms with Gasteiger partial charge in [0.05, 0.1) is 0 Å². The van der Waals surface area contributed by atoms with E-state index in [2.05, 4.69) is 63.3 Å². The summed E-state index contributed by atoms with van der Waals surface area (Å²) in [6.45, 7) is 9.67. The fourth-order valence-corrected chi connectivity index (χ4v) is 2.54. The molecule has 1 N–H and O–H groups in total. The Kier molecular flexibility index (Phi) is 4.06. The van der Waals surface area contributed by atoms with E-state index < -0.39 is 0 Å². The van der Waals surface area contributed by atoms with Crippen molar-refractivity contribution in [3.05, 3.63) is 58.1 Å². The summed E-state index contributed by atoms with van der Waals surface area (Å²) in [4.78, 5) is 0. The Bertz CT molecular complexity index is 574. The highest BCUT2D eigenvalue weighted by Crippen LogP contribution is 2.26. The molecule has 0 unspecified atom stereocenters. The lowest BCUT2D eigenvalue weighted by molar-refractivity contribution is 0.806. The summed E-state index contributed by atoms with van der Waals surface area (Å²) in [6, 6.07) is 11.3. The van der Waals surface area contributed by atoms with Gasteiger partial charge in [-0.2, -0.15) is 0 Å². The average Bonchev–Trinajstić information content (AvgIpc) is 2.37. The zero-order valence-corrected chi connectivity index (χ0v) is 12.6. The van der Waals surface area contributed by atoms with Crippen LogP contribution in [0.3, 0.4) is 0 Å². The molecule has 0 aliphatic rings. The first kappa shape index (κ1) is 13.8. The molecule has 0 atom stereocenters. The molecule has 1 heteroatoms. The summed E-state index contributed by atoms with van der Waals surface area (Å²) in [7, 11) is 2.00. The van der Waals surface area contributed by atoms with Gasteiger partial charge in [-0.3, -0.25) is 0 Å². The lowest BCUT2D eigenvalue weighted by Gasteiger charge is -2.13. The molecule has 0 heterocycles. The molecule has 2 rings (SSSR count). The first-order valence-electron chi connectivity index (χ1n) is 6.85. The minimum absolute atomic E-state index is 0.935. The van der Waals surface area contributed by atoms with Crippen molar-refractivity contribution in [2.45, 2.75) is 34.2 Å². The minimum atomic E-state index is 0.935. The molecule has 0 radical (unpaired) electrons. The predicted molar refractivity (Wildman–Crippen MR) is 83.6 cm³/mol. The van der Waals surface area contributed by atoms with E-state index in [-0.39, 0.29) is 0 Å². The van der Waals surface area contributed by atoms with E-state index in [1.54, 1.807) is 0 Å². The highest BCUT2D eigenvalue weighted by molar-refractivity contribution is 5.67. The molecule has 0 spiro atoms. The standard InChI is InChI=1S/C18H23N/c1-12-6-7-16(8-13(12)2)17-9-14(3)18(11-19-5)15(4)10-17/h6-10,19H,11H2,1-5H3. The molecule has 0 fully saturated rings. The molecule has 2 aromatic rings. The van der Waals surface area contributed by atoms with E-state index in [4.69, 9.17) is 0 Å². The van der Waals surface area contributed by atoms with Crippen molar-refractivity contribution in [1.29, 1.82) is 0 Å². The highest BCUT2D eigenvalue weighted by atomic mass is 14.8. The van der Waals surface area contributed by atoms with Gasteiger partial charge in [0.1, 0.15) is 0 Å². The number of hydrogen-bond donors (Lipinski definition) is 1. The van der Waals surface area contributed by atoms with Crippen LogP contribution in [0.1, 0.15) is 27.8 Å². The molecule has 100 valence electrons. The number of hydrogen-bond acceptors (Lipinski definition) is 1. The van der Waals surface area contributed by atoms with Crippen LogP contribution in [-0.2, 0) is 6.54 Å². The van der Waals surface area contributed by atoms with Gasteiger partial charge in [-0.1, -0.05) is 30.3 Å². The molecule has 0 aromatic heterocycles. The maximum absolute atomic E-state index is 3.24. The third-order valence-electron chi connectivity index (χ3n) is 3.89. The van der Waals surface area contributed by atoms with Crippen molar-refractivity contribution in [3.8, 4) is 11.1 Å². The molecule has 0 saturated heterocycles. The van der Waals surface area contributed by atoms with Crippen molar-refractivity contribution in [1.82, 2.24) is 5.32 Å². The van der Waals surface area contributed by atoms with Gasteiger partial charge in [-0.05, 0) is 73.7 Å². The Morgan fingerprint density at radius 3 is 1.84 bits per heavy atom. The Balaban J connectivity index is 2.48. The van der Waals surface area contributed by atoms with E-state index in [1.807, 2.05) is 7.05 Å². The largest absolute Gasteiger partial charge is 0.316 e. The SMILES string of the molecule is CNCc1c(C)cc(-c2ccc(C)c(C)c2)cc1C. The average molecular weight is 253 g/mol. The normalized spacial score (nSPS) is 10.8. The molecular formula is C18H23N. The van der Waals surface area contributed by atoms with Gasteiger partial charge < -0.3 is 5.32 Å². The topological polar surface area (TPSA) is 12.0 Å². The quantitative estimate of drug-likeness (QED) is 0.859. The van der Waals surface area contributed by atoms with E-state index in [9.17, 15) is 0 Å². The fourth-order valence-electron chi connectivity index (χ4n) is 2.54. The maximum atomic E-state index is 3.24. The van der Waals surface area contributed by atoms with Crippen molar-refractivity contribution in [3.63, 3.8) is 0 Å². The van der Waals surface area contributed by atoms with Crippen LogP contribution in [0.2, 0.25) is 0 Å². The molecule has 1 nitrogen and oxygen atoms in total. The predicted octanol–water partition coefficient (Wildman–Crippen LogP) is 4.31. The third kappa shape index (κ3) is 2.87. The Labute approximate surface area is 116 Å². The van der Waals surface area contributed by atoms with Crippen LogP contribution in [-0.4, -0.2) is 7.05 Å². The van der Waals surface area contributed by atoms with Crippen LogP contribution >= 0.6 is 0 Å². The molecule has 0 saturated carbocycles. The van der Waals surface area contributed by atoms with Gasteiger partial charge in [0.15, 0.2) is 0 Å². The Hall–Kier alpha value is -1.60. The monoisotopic (exact) mass is 253 g/mol. The molecule has 0 amide bonds. The fraction of sp³-hybridized carbons (Fsp3) is 0.333. The van der Waals surface area contributed by atoms with Crippen LogP contribution in [0.15, 0.2) is 30.3 Å². The van der Waals surface area contributed by atoms with Crippen molar-refractivity contribution >= 4 is 0 Å². The first-order chi connectivity index (χ1) is 9.02. The van der Waals surface area contributed by atoms with Gasteiger partial charge in [-0.25, -0.2) is 0 Å². The summed E-state index contributed by atoms with van der Waals surface area (Å²) < 4.78 is 0. The molecule has 0 bridgehead atoms. The van der Waals surface area contributed by atoms with E-state index in [0.717, 1.165) is 6.54 Å². The molecule has 19 heavy (non-hydrogen) atoms.